The average molecular weight is 344 g/mol. The zero-order valence-electron chi connectivity index (χ0n) is 13.1. The van der Waals surface area contributed by atoms with Gasteiger partial charge in [-0.3, -0.25) is 0 Å². The molecule has 0 fully saturated rings. The van der Waals surface area contributed by atoms with E-state index in [1.54, 1.807) is 31.4 Å². The number of dihydropyridines is 1. The number of nitrogen functional groups attached to an aromatic ring is 1. The molecule has 0 bridgehead atoms. The number of carboxylic acid groups (broad SMARTS) is 2. The second-order valence-electron chi connectivity index (χ2n) is 5.66. The summed E-state index contributed by atoms with van der Waals surface area (Å²) in [4.78, 5) is 23.6. The van der Waals surface area contributed by atoms with E-state index < -0.39 is 17.9 Å². The molecule has 5 N–H and O–H groups in total. The minimum Gasteiger partial charge on any atom is -0.478 e. The Morgan fingerprint density at radius 2 is 1.71 bits per heavy atom. The van der Waals surface area contributed by atoms with Gasteiger partial charge in [0.15, 0.2) is 0 Å². The number of nitrogens with two attached hydrogens (primary N) is 1. The van der Waals surface area contributed by atoms with Gasteiger partial charge < -0.3 is 21.3 Å². The molecule has 0 atom stereocenters. The van der Waals surface area contributed by atoms with Gasteiger partial charge in [0.1, 0.15) is 0 Å². The highest BCUT2D eigenvalue weighted by molar-refractivity contribution is 7.18. The fourth-order valence-electron chi connectivity index (χ4n) is 3.20. The van der Waals surface area contributed by atoms with E-state index in [1.807, 2.05) is 6.07 Å². The molecule has 3 rings (SSSR count). The van der Waals surface area contributed by atoms with E-state index in [2.05, 4.69) is 5.32 Å². The van der Waals surface area contributed by atoms with Gasteiger partial charge in [0.2, 0.25) is 0 Å². The third-order valence-electron chi connectivity index (χ3n) is 4.19. The zero-order chi connectivity index (χ0) is 17.6. The van der Waals surface area contributed by atoms with E-state index in [1.165, 1.54) is 11.3 Å². The lowest BCUT2D eigenvalue weighted by Gasteiger charge is -2.28. The summed E-state index contributed by atoms with van der Waals surface area (Å²) in [5, 5.41) is 24.8. The lowest BCUT2D eigenvalue weighted by molar-refractivity contribution is -0.133. The van der Waals surface area contributed by atoms with Crippen molar-refractivity contribution in [3.05, 3.63) is 51.7 Å². The molecule has 6 nitrogen and oxygen atoms in total. The lowest BCUT2D eigenvalue weighted by Crippen LogP contribution is -2.30. The number of carboxylic acids is 2. The van der Waals surface area contributed by atoms with Crippen molar-refractivity contribution in [2.24, 2.45) is 0 Å². The number of allylic oxidation sites excluding steroid dienone is 2. The number of rotatable bonds is 3. The van der Waals surface area contributed by atoms with E-state index in [0.717, 1.165) is 10.1 Å². The highest BCUT2D eigenvalue weighted by Crippen LogP contribution is 2.44. The van der Waals surface area contributed by atoms with Gasteiger partial charge in [-0.1, -0.05) is 12.1 Å². The number of fused-ring (bicyclic) bond motifs is 1. The molecule has 0 spiro atoms. The molecule has 2 heterocycles. The smallest absolute Gasteiger partial charge is 0.334 e. The maximum Gasteiger partial charge on any atom is 0.334 e. The van der Waals surface area contributed by atoms with Crippen LogP contribution >= 0.6 is 11.3 Å². The lowest BCUT2D eigenvalue weighted by atomic mass is 9.80. The number of thiophene rings is 1. The van der Waals surface area contributed by atoms with Gasteiger partial charge in [-0.05, 0) is 36.2 Å². The quantitative estimate of drug-likeness (QED) is 0.637. The Morgan fingerprint density at radius 1 is 1.12 bits per heavy atom. The molecule has 0 saturated carbocycles. The van der Waals surface area contributed by atoms with Crippen LogP contribution in [0.1, 0.15) is 25.3 Å². The van der Waals surface area contributed by atoms with E-state index in [-0.39, 0.29) is 11.1 Å². The fraction of sp³-hybridized carbons (Fsp3) is 0.176. The Kier molecular flexibility index (Phi) is 3.81. The number of carbonyl (C=O) groups is 2. The standard InChI is InChI=1S/C17H16N2O4S/c1-7-12(16(20)21)14(13(17(22)23)8(2)19-7)10-6-24-15-9(10)4-3-5-11(15)18/h3-6,14,19H,18H2,1-2H3,(H,20,21)(H,22,23). The van der Waals surface area contributed by atoms with Crippen LogP contribution in [0.15, 0.2) is 46.1 Å². The second-order valence-corrected chi connectivity index (χ2v) is 6.54. The summed E-state index contributed by atoms with van der Waals surface area (Å²) in [5.74, 6) is -3.13. The van der Waals surface area contributed by atoms with Gasteiger partial charge in [0.25, 0.3) is 0 Å². The topological polar surface area (TPSA) is 113 Å². The highest BCUT2D eigenvalue weighted by Gasteiger charge is 2.37. The normalized spacial score (nSPS) is 15.8. The molecule has 7 heteroatoms. The Bertz CT molecular complexity index is 903. The average Bonchev–Trinajstić information content (AvgIpc) is 2.90. The van der Waals surface area contributed by atoms with Crippen LogP contribution in [0.2, 0.25) is 0 Å². The molecule has 2 aromatic rings. The summed E-state index contributed by atoms with van der Waals surface area (Å²) in [6, 6.07) is 5.38. The first-order valence-electron chi connectivity index (χ1n) is 7.23. The third-order valence-corrected chi connectivity index (χ3v) is 5.26. The van der Waals surface area contributed by atoms with Gasteiger partial charge in [-0.25, -0.2) is 9.59 Å². The van der Waals surface area contributed by atoms with Crippen LogP contribution in [0.25, 0.3) is 10.1 Å². The number of hydrogen-bond acceptors (Lipinski definition) is 5. The summed E-state index contributed by atoms with van der Waals surface area (Å²) in [7, 11) is 0. The maximum absolute atomic E-state index is 11.8. The first-order valence-corrected chi connectivity index (χ1v) is 8.11. The van der Waals surface area contributed by atoms with Crippen LogP contribution in [0, 0.1) is 0 Å². The van der Waals surface area contributed by atoms with Gasteiger partial charge in [-0.2, -0.15) is 0 Å². The van der Waals surface area contributed by atoms with Crippen LogP contribution in [0.5, 0.6) is 0 Å². The van der Waals surface area contributed by atoms with E-state index >= 15 is 0 Å². The molecule has 0 saturated heterocycles. The zero-order valence-corrected chi connectivity index (χ0v) is 13.9. The largest absolute Gasteiger partial charge is 0.478 e. The fourth-order valence-corrected chi connectivity index (χ4v) is 4.22. The molecule has 1 aromatic heterocycles. The van der Waals surface area contributed by atoms with Crippen LogP contribution in [-0.4, -0.2) is 22.2 Å². The molecule has 1 aromatic carbocycles. The molecular formula is C17H16N2O4S. The predicted octanol–water partition coefficient (Wildman–Crippen LogP) is 2.89. The van der Waals surface area contributed by atoms with Crippen molar-refractivity contribution in [2.75, 3.05) is 5.73 Å². The number of benzene rings is 1. The van der Waals surface area contributed by atoms with Crippen molar-refractivity contribution in [1.29, 1.82) is 0 Å². The van der Waals surface area contributed by atoms with Gasteiger partial charge >= 0.3 is 11.9 Å². The summed E-state index contributed by atoms with van der Waals surface area (Å²) < 4.78 is 0.829. The van der Waals surface area contributed by atoms with Crippen molar-refractivity contribution < 1.29 is 19.8 Å². The molecular weight excluding hydrogens is 328 g/mol. The van der Waals surface area contributed by atoms with Gasteiger partial charge in [0, 0.05) is 17.1 Å². The minimum absolute atomic E-state index is 0.0418. The number of hydrogen-bond donors (Lipinski definition) is 4. The molecule has 1 aliphatic rings. The Balaban J connectivity index is 2.33. The van der Waals surface area contributed by atoms with Crippen molar-refractivity contribution >= 4 is 39.0 Å². The van der Waals surface area contributed by atoms with Crippen LogP contribution in [0.4, 0.5) is 5.69 Å². The van der Waals surface area contributed by atoms with E-state index in [0.29, 0.717) is 22.6 Å². The monoisotopic (exact) mass is 344 g/mol. The van der Waals surface area contributed by atoms with Crippen LogP contribution in [-0.2, 0) is 9.59 Å². The molecule has 1 aliphatic heterocycles. The van der Waals surface area contributed by atoms with E-state index in [4.69, 9.17) is 5.73 Å². The highest BCUT2D eigenvalue weighted by atomic mass is 32.1. The van der Waals surface area contributed by atoms with Crippen LogP contribution < -0.4 is 11.1 Å². The number of nitrogens with one attached hydrogen (secondary N) is 1. The number of aliphatic carboxylic acids is 2. The summed E-state index contributed by atoms with van der Waals surface area (Å²) >= 11 is 1.39. The molecule has 0 unspecified atom stereocenters. The third kappa shape index (κ3) is 2.33. The molecule has 0 aliphatic carbocycles. The van der Waals surface area contributed by atoms with Crippen molar-refractivity contribution in [3.8, 4) is 0 Å². The first-order chi connectivity index (χ1) is 11.3. The van der Waals surface area contributed by atoms with Crippen LogP contribution in [0.3, 0.4) is 0 Å². The number of anilines is 1. The second kappa shape index (κ2) is 5.68. The molecule has 124 valence electrons. The summed E-state index contributed by atoms with van der Waals surface area (Å²) in [5.41, 5.74) is 8.19. The Hall–Kier alpha value is -2.80. The summed E-state index contributed by atoms with van der Waals surface area (Å²) in [6.07, 6.45) is 0. The molecule has 0 radical (unpaired) electrons. The SMILES string of the molecule is CC1=C(C(=O)O)C(c2csc3c(N)cccc23)C(C(=O)O)=C(C)N1. The minimum atomic E-state index is -1.14. The van der Waals surface area contributed by atoms with Gasteiger partial charge in [-0.15, -0.1) is 11.3 Å². The Morgan fingerprint density at radius 3 is 2.25 bits per heavy atom. The maximum atomic E-state index is 11.8. The van der Waals surface area contributed by atoms with Gasteiger partial charge in [0.05, 0.1) is 21.8 Å². The summed E-state index contributed by atoms with van der Waals surface area (Å²) in [6.45, 7) is 3.28. The predicted molar refractivity (Wildman–Crippen MR) is 92.8 cm³/mol. The molecule has 24 heavy (non-hydrogen) atoms. The van der Waals surface area contributed by atoms with Crippen molar-refractivity contribution in [2.45, 2.75) is 19.8 Å². The molecule has 0 amide bonds. The van der Waals surface area contributed by atoms with E-state index in [9.17, 15) is 19.8 Å². The van der Waals surface area contributed by atoms with Crippen molar-refractivity contribution in [1.82, 2.24) is 5.32 Å². The van der Waals surface area contributed by atoms with Crippen molar-refractivity contribution in [3.63, 3.8) is 0 Å². The first kappa shape index (κ1) is 16.1. The Labute approximate surface area is 141 Å².